The minimum absolute atomic E-state index is 0.0670. The zero-order valence-corrected chi connectivity index (χ0v) is 11.3. The van der Waals surface area contributed by atoms with Gasteiger partial charge in [-0.2, -0.15) is 0 Å². The van der Waals surface area contributed by atoms with Crippen LogP contribution in [-0.2, 0) is 20.9 Å². The van der Waals surface area contributed by atoms with Crippen LogP contribution in [0.25, 0.3) is 0 Å². The third-order valence-electron chi connectivity index (χ3n) is 3.63. The highest BCUT2D eigenvalue weighted by molar-refractivity contribution is 5.82. The van der Waals surface area contributed by atoms with Gasteiger partial charge in [-0.1, -0.05) is 5.21 Å². The van der Waals surface area contributed by atoms with Crippen LogP contribution in [0.4, 0.5) is 0 Å². The van der Waals surface area contributed by atoms with E-state index in [1.54, 1.807) is 6.20 Å². The lowest BCUT2D eigenvalue weighted by atomic mass is 9.85. The van der Waals surface area contributed by atoms with E-state index in [4.69, 9.17) is 10.2 Å². The molecule has 1 aliphatic heterocycles. The van der Waals surface area contributed by atoms with E-state index < -0.39 is 23.8 Å². The number of aryl methyl sites for hydroxylation is 1. The zero-order valence-electron chi connectivity index (χ0n) is 11.3. The Morgan fingerprint density at radius 1 is 1.19 bits per heavy atom. The van der Waals surface area contributed by atoms with Crippen LogP contribution in [0.2, 0.25) is 0 Å². The lowest BCUT2D eigenvalue weighted by Crippen LogP contribution is -2.48. The molecule has 9 heteroatoms. The summed E-state index contributed by atoms with van der Waals surface area (Å²) in [7, 11) is 0. The monoisotopic (exact) mass is 296 g/mol. The van der Waals surface area contributed by atoms with Crippen molar-refractivity contribution in [3.63, 3.8) is 0 Å². The second kappa shape index (κ2) is 6.33. The molecular weight excluding hydrogens is 280 g/mol. The molecule has 2 heterocycles. The first-order valence-electron chi connectivity index (χ1n) is 6.56. The number of carboxylic acids is 2. The lowest BCUT2D eigenvalue weighted by molar-refractivity contribution is -0.159. The number of aliphatic carboxylic acids is 2. The minimum Gasteiger partial charge on any atom is -0.481 e. The Morgan fingerprint density at radius 3 is 2.48 bits per heavy atom. The maximum absolute atomic E-state index is 12.1. The van der Waals surface area contributed by atoms with Crippen molar-refractivity contribution in [3.8, 4) is 0 Å². The first-order valence-corrected chi connectivity index (χ1v) is 6.56. The van der Waals surface area contributed by atoms with Crippen LogP contribution in [0.3, 0.4) is 0 Å². The van der Waals surface area contributed by atoms with Gasteiger partial charge < -0.3 is 15.1 Å². The molecule has 114 valence electrons. The van der Waals surface area contributed by atoms with Gasteiger partial charge >= 0.3 is 11.9 Å². The molecule has 21 heavy (non-hydrogen) atoms. The number of rotatable bonds is 5. The summed E-state index contributed by atoms with van der Waals surface area (Å²) in [6.45, 7) is 0.550. The Labute approximate surface area is 120 Å². The molecule has 2 unspecified atom stereocenters. The van der Waals surface area contributed by atoms with Gasteiger partial charge in [0.15, 0.2) is 0 Å². The minimum atomic E-state index is -1.18. The fourth-order valence-corrected chi connectivity index (χ4v) is 2.44. The average Bonchev–Trinajstić information content (AvgIpc) is 2.97. The first-order chi connectivity index (χ1) is 9.99. The van der Waals surface area contributed by atoms with Gasteiger partial charge in [0.25, 0.3) is 0 Å². The molecule has 0 saturated carbocycles. The summed E-state index contributed by atoms with van der Waals surface area (Å²) in [5.74, 6) is -4.53. The maximum atomic E-state index is 12.1. The number of hydrogen-bond acceptors (Lipinski definition) is 5. The molecule has 1 aliphatic rings. The van der Waals surface area contributed by atoms with Gasteiger partial charge in [-0.15, -0.1) is 5.10 Å². The Balaban J connectivity index is 1.93. The van der Waals surface area contributed by atoms with Gasteiger partial charge in [0.2, 0.25) is 5.91 Å². The third-order valence-corrected chi connectivity index (χ3v) is 3.63. The standard InChI is InChI=1S/C12H16N4O5/c17-10(2-5-16-6-3-13-14-16)15-4-1-8(11(18)19)9(7-15)12(20)21/h3,6,8-9H,1-2,4-5,7H2,(H,18,19)(H,20,21). The van der Waals surface area contributed by atoms with Crippen LogP contribution in [0.15, 0.2) is 12.4 Å². The predicted octanol–water partition coefficient (Wildman–Crippen LogP) is -0.698. The summed E-state index contributed by atoms with van der Waals surface area (Å²) >= 11 is 0. The first kappa shape index (κ1) is 14.9. The number of aromatic nitrogens is 3. The van der Waals surface area contributed by atoms with Crippen LogP contribution >= 0.6 is 0 Å². The van der Waals surface area contributed by atoms with Gasteiger partial charge in [0.1, 0.15) is 0 Å². The summed E-state index contributed by atoms with van der Waals surface area (Å²) in [5, 5.41) is 25.5. The highest BCUT2D eigenvalue weighted by Gasteiger charge is 2.39. The number of hydrogen-bond donors (Lipinski definition) is 2. The van der Waals surface area contributed by atoms with E-state index in [2.05, 4.69) is 10.3 Å². The van der Waals surface area contributed by atoms with E-state index in [9.17, 15) is 14.4 Å². The largest absolute Gasteiger partial charge is 0.481 e. The normalized spacial score (nSPS) is 22.0. The third kappa shape index (κ3) is 3.56. The summed E-state index contributed by atoms with van der Waals surface area (Å²) in [4.78, 5) is 35.7. The number of nitrogens with zero attached hydrogens (tertiary/aromatic N) is 4. The molecule has 0 aromatic carbocycles. The van der Waals surface area contributed by atoms with Crippen LogP contribution < -0.4 is 0 Å². The van der Waals surface area contributed by atoms with E-state index in [-0.39, 0.29) is 31.8 Å². The molecule has 2 atom stereocenters. The second-order valence-corrected chi connectivity index (χ2v) is 4.93. The Bertz CT molecular complexity index is 530. The van der Waals surface area contributed by atoms with Crippen LogP contribution in [-0.4, -0.2) is 61.0 Å². The highest BCUT2D eigenvalue weighted by atomic mass is 16.4. The predicted molar refractivity (Wildman–Crippen MR) is 68.1 cm³/mol. The van der Waals surface area contributed by atoms with Gasteiger partial charge in [0.05, 0.1) is 24.6 Å². The number of carbonyl (C=O) groups is 3. The summed E-state index contributed by atoms with van der Waals surface area (Å²) in [5.41, 5.74) is 0. The molecule has 1 aromatic rings. The van der Waals surface area contributed by atoms with Crippen molar-refractivity contribution in [2.75, 3.05) is 13.1 Å². The van der Waals surface area contributed by atoms with E-state index in [0.717, 1.165) is 0 Å². The van der Waals surface area contributed by atoms with E-state index in [1.165, 1.54) is 15.8 Å². The summed E-state index contributed by atoms with van der Waals surface area (Å²) < 4.78 is 1.51. The van der Waals surface area contributed by atoms with Crippen LogP contribution in [0.1, 0.15) is 12.8 Å². The number of carboxylic acid groups (broad SMARTS) is 2. The van der Waals surface area contributed by atoms with Crippen LogP contribution in [0, 0.1) is 11.8 Å². The number of piperidine rings is 1. The average molecular weight is 296 g/mol. The highest BCUT2D eigenvalue weighted by Crippen LogP contribution is 2.24. The van der Waals surface area contributed by atoms with Gasteiger partial charge in [-0.25, -0.2) is 0 Å². The fraction of sp³-hybridized carbons (Fsp3) is 0.583. The molecule has 0 bridgehead atoms. The van der Waals surface area contributed by atoms with Gasteiger partial charge in [-0.05, 0) is 6.42 Å². The molecule has 0 radical (unpaired) electrons. The van der Waals surface area contributed by atoms with Gasteiger partial charge in [0, 0.05) is 25.7 Å². The molecule has 0 aliphatic carbocycles. The summed E-state index contributed by atoms with van der Waals surface area (Å²) in [6, 6.07) is 0. The SMILES string of the molecule is O=C(O)C1CCN(C(=O)CCn2ccnn2)CC1C(=O)O. The molecule has 0 spiro atoms. The van der Waals surface area contributed by atoms with Crippen molar-refractivity contribution < 1.29 is 24.6 Å². The molecule has 2 N–H and O–H groups in total. The topological polar surface area (TPSA) is 126 Å². The van der Waals surface area contributed by atoms with E-state index >= 15 is 0 Å². The zero-order chi connectivity index (χ0) is 15.4. The Kier molecular flexibility index (Phi) is 4.51. The van der Waals surface area contributed by atoms with Crippen molar-refractivity contribution in [2.24, 2.45) is 11.8 Å². The van der Waals surface area contributed by atoms with E-state index in [1.807, 2.05) is 0 Å². The molecule has 1 amide bonds. The molecular formula is C12H16N4O5. The smallest absolute Gasteiger partial charge is 0.309 e. The Morgan fingerprint density at radius 2 is 1.90 bits per heavy atom. The van der Waals surface area contributed by atoms with Crippen molar-refractivity contribution in [1.29, 1.82) is 0 Å². The molecule has 1 saturated heterocycles. The quantitative estimate of drug-likeness (QED) is 0.736. The van der Waals surface area contributed by atoms with Crippen molar-refractivity contribution in [1.82, 2.24) is 19.9 Å². The van der Waals surface area contributed by atoms with Gasteiger partial charge in [-0.3, -0.25) is 19.1 Å². The van der Waals surface area contributed by atoms with E-state index in [0.29, 0.717) is 6.54 Å². The maximum Gasteiger partial charge on any atom is 0.309 e. The number of carbonyl (C=O) groups excluding carboxylic acids is 1. The molecule has 9 nitrogen and oxygen atoms in total. The Hall–Kier alpha value is -2.45. The molecule has 1 fully saturated rings. The lowest BCUT2D eigenvalue weighted by Gasteiger charge is -2.34. The van der Waals surface area contributed by atoms with Crippen LogP contribution in [0.5, 0.6) is 0 Å². The summed E-state index contributed by atoms with van der Waals surface area (Å²) in [6.07, 6.45) is 3.46. The molecule has 2 rings (SSSR count). The number of amides is 1. The van der Waals surface area contributed by atoms with Crippen molar-refractivity contribution >= 4 is 17.8 Å². The van der Waals surface area contributed by atoms with Crippen molar-refractivity contribution in [2.45, 2.75) is 19.4 Å². The second-order valence-electron chi connectivity index (χ2n) is 4.93. The number of likely N-dealkylation sites (tertiary alicyclic amines) is 1. The molecule has 1 aromatic heterocycles. The van der Waals surface area contributed by atoms with Crippen molar-refractivity contribution in [3.05, 3.63) is 12.4 Å². The fourth-order valence-electron chi connectivity index (χ4n) is 2.44.